The maximum atomic E-state index is 11.9. The van der Waals surface area contributed by atoms with Crippen LogP contribution in [0.4, 0.5) is 0 Å². The van der Waals surface area contributed by atoms with Gasteiger partial charge in [-0.2, -0.15) is 0 Å². The number of nitrogens with zero attached hydrogens (tertiary/aromatic N) is 2. The lowest BCUT2D eigenvalue weighted by molar-refractivity contribution is -0.149. The Kier molecular flexibility index (Phi) is 5.21. The molecule has 0 unspecified atom stereocenters. The maximum absolute atomic E-state index is 11.9. The number of rotatable bonds is 7. The normalized spacial score (nSPS) is 27.0. The highest BCUT2D eigenvalue weighted by atomic mass is 16.4. The molecule has 1 aliphatic heterocycles. The summed E-state index contributed by atoms with van der Waals surface area (Å²) in [5.74, 6) is -0.223. The van der Waals surface area contributed by atoms with Crippen LogP contribution in [0.25, 0.3) is 0 Å². The van der Waals surface area contributed by atoms with Crippen molar-refractivity contribution in [1.29, 1.82) is 0 Å². The van der Waals surface area contributed by atoms with E-state index in [1.54, 1.807) is 0 Å². The molecule has 4 nitrogen and oxygen atoms in total. The van der Waals surface area contributed by atoms with Gasteiger partial charge in [0.15, 0.2) is 0 Å². The monoisotopic (exact) mass is 344 g/mol. The van der Waals surface area contributed by atoms with Crippen LogP contribution in [0.15, 0.2) is 30.3 Å². The molecule has 0 aromatic heterocycles. The first-order valence-electron chi connectivity index (χ1n) is 9.49. The first-order valence-corrected chi connectivity index (χ1v) is 9.49. The summed E-state index contributed by atoms with van der Waals surface area (Å²) in [5.41, 5.74) is 1.01. The van der Waals surface area contributed by atoms with Crippen molar-refractivity contribution in [2.45, 2.75) is 39.7 Å². The molecule has 1 saturated carbocycles. The molecule has 0 amide bonds. The summed E-state index contributed by atoms with van der Waals surface area (Å²) in [6.07, 6.45) is 3.02. The van der Waals surface area contributed by atoms with Gasteiger partial charge in [0.05, 0.1) is 5.41 Å². The van der Waals surface area contributed by atoms with E-state index in [1.165, 1.54) is 5.56 Å². The third-order valence-electron chi connectivity index (χ3n) is 6.01. The molecule has 0 bridgehead atoms. The number of carbonyl (C=O) groups is 1. The molecule has 1 aliphatic carbocycles. The minimum atomic E-state index is -0.573. The number of benzene rings is 1. The van der Waals surface area contributed by atoms with Gasteiger partial charge in [-0.15, -0.1) is 0 Å². The first kappa shape index (κ1) is 18.4. The van der Waals surface area contributed by atoms with Gasteiger partial charge in [-0.25, -0.2) is 0 Å². The number of carboxylic acid groups (broad SMARTS) is 1. The highest BCUT2D eigenvalue weighted by Gasteiger charge is 2.55. The molecule has 2 aliphatic rings. The van der Waals surface area contributed by atoms with E-state index in [0.29, 0.717) is 5.92 Å². The van der Waals surface area contributed by atoms with E-state index < -0.39 is 11.4 Å². The Morgan fingerprint density at radius 2 is 2.08 bits per heavy atom. The first-order chi connectivity index (χ1) is 11.8. The van der Waals surface area contributed by atoms with Gasteiger partial charge < -0.3 is 14.9 Å². The lowest BCUT2D eigenvalue weighted by Gasteiger charge is -2.34. The second-order valence-electron chi connectivity index (χ2n) is 9.04. The van der Waals surface area contributed by atoms with Crippen molar-refractivity contribution < 1.29 is 9.90 Å². The zero-order valence-corrected chi connectivity index (χ0v) is 15.9. The SMILES string of the molecule is CN(Cc1ccccc1)CC(C)(C)CN1C[C@@H]2CCC[C@@]2(C(=O)O)C1. The average Bonchev–Trinajstić information content (AvgIpc) is 3.04. The van der Waals surface area contributed by atoms with E-state index in [9.17, 15) is 9.90 Å². The Labute approximate surface area is 151 Å². The minimum Gasteiger partial charge on any atom is -0.481 e. The quantitative estimate of drug-likeness (QED) is 0.824. The van der Waals surface area contributed by atoms with E-state index in [4.69, 9.17) is 0 Å². The standard InChI is InChI=1S/C21H32N2O2/c1-20(2,14-22(3)12-17-8-5-4-6-9-17)15-23-13-18-10-7-11-21(18,16-23)19(24)25/h4-6,8-9,18H,7,10-16H2,1-3H3,(H,24,25)/t18-,21+/m0/s1. The van der Waals surface area contributed by atoms with Gasteiger partial charge >= 0.3 is 5.97 Å². The van der Waals surface area contributed by atoms with Gasteiger partial charge in [0.25, 0.3) is 0 Å². The molecule has 1 N–H and O–H groups in total. The second-order valence-corrected chi connectivity index (χ2v) is 9.04. The minimum absolute atomic E-state index is 0.141. The van der Waals surface area contributed by atoms with Crippen molar-refractivity contribution in [3.05, 3.63) is 35.9 Å². The van der Waals surface area contributed by atoms with Crippen molar-refractivity contribution in [3.8, 4) is 0 Å². The molecule has 2 fully saturated rings. The van der Waals surface area contributed by atoms with E-state index in [2.05, 4.69) is 61.0 Å². The third-order valence-corrected chi connectivity index (χ3v) is 6.01. The average molecular weight is 344 g/mol. The Morgan fingerprint density at radius 1 is 1.36 bits per heavy atom. The van der Waals surface area contributed by atoms with E-state index in [1.807, 2.05) is 0 Å². The topological polar surface area (TPSA) is 43.8 Å². The number of aliphatic carboxylic acids is 1. The fourth-order valence-corrected chi connectivity index (χ4v) is 5.20. The third kappa shape index (κ3) is 4.06. The van der Waals surface area contributed by atoms with Crippen LogP contribution in [-0.4, -0.2) is 54.1 Å². The van der Waals surface area contributed by atoms with Gasteiger partial charge in [0.2, 0.25) is 0 Å². The van der Waals surface area contributed by atoms with Crippen LogP contribution in [0.2, 0.25) is 0 Å². The molecule has 4 heteroatoms. The van der Waals surface area contributed by atoms with E-state index in [-0.39, 0.29) is 5.41 Å². The Bertz CT molecular complexity index is 601. The Hall–Kier alpha value is -1.39. The zero-order chi connectivity index (χ0) is 18.1. The molecule has 1 aromatic rings. The number of fused-ring (bicyclic) bond motifs is 1. The molecule has 138 valence electrons. The summed E-state index contributed by atoms with van der Waals surface area (Å²) in [6, 6.07) is 10.6. The van der Waals surface area contributed by atoms with Gasteiger partial charge in [-0.1, -0.05) is 50.6 Å². The predicted octanol–water partition coefficient (Wildman–Crippen LogP) is 3.33. The van der Waals surface area contributed by atoms with Crippen LogP contribution in [0.3, 0.4) is 0 Å². The number of hydrogen-bond acceptors (Lipinski definition) is 3. The fourth-order valence-electron chi connectivity index (χ4n) is 5.20. The van der Waals surface area contributed by atoms with Crippen LogP contribution < -0.4 is 0 Å². The van der Waals surface area contributed by atoms with Gasteiger partial charge in [0.1, 0.15) is 0 Å². The highest BCUT2D eigenvalue weighted by Crippen LogP contribution is 2.49. The summed E-state index contributed by atoms with van der Waals surface area (Å²) in [6.45, 7) is 9.22. The lowest BCUT2D eigenvalue weighted by Crippen LogP contribution is -2.42. The largest absolute Gasteiger partial charge is 0.481 e. The van der Waals surface area contributed by atoms with Gasteiger partial charge in [-0.05, 0) is 36.8 Å². The zero-order valence-electron chi connectivity index (χ0n) is 15.9. The Balaban J connectivity index is 1.56. The summed E-state index contributed by atoms with van der Waals surface area (Å²) < 4.78 is 0. The second kappa shape index (κ2) is 7.08. The molecule has 1 saturated heterocycles. The van der Waals surface area contributed by atoms with Crippen molar-refractivity contribution >= 4 is 5.97 Å². The summed E-state index contributed by atoms with van der Waals surface area (Å²) in [5, 5.41) is 9.76. The van der Waals surface area contributed by atoms with E-state index in [0.717, 1.165) is 52.0 Å². The lowest BCUT2D eigenvalue weighted by atomic mass is 9.81. The maximum Gasteiger partial charge on any atom is 0.311 e. The van der Waals surface area contributed by atoms with Crippen molar-refractivity contribution in [2.24, 2.45) is 16.7 Å². The summed E-state index contributed by atoms with van der Waals surface area (Å²) in [4.78, 5) is 16.6. The van der Waals surface area contributed by atoms with Gasteiger partial charge in [0, 0.05) is 32.7 Å². The molecule has 25 heavy (non-hydrogen) atoms. The number of hydrogen-bond donors (Lipinski definition) is 1. The summed E-state index contributed by atoms with van der Waals surface area (Å²) in [7, 11) is 2.17. The molecule has 2 atom stereocenters. The van der Waals surface area contributed by atoms with Crippen LogP contribution in [0.1, 0.15) is 38.7 Å². The van der Waals surface area contributed by atoms with Crippen molar-refractivity contribution in [3.63, 3.8) is 0 Å². The van der Waals surface area contributed by atoms with Crippen molar-refractivity contribution in [2.75, 3.05) is 33.2 Å². The highest BCUT2D eigenvalue weighted by molar-refractivity contribution is 5.76. The molecular weight excluding hydrogens is 312 g/mol. The van der Waals surface area contributed by atoms with E-state index >= 15 is 0 Å². The Morgan fingerprint density at radius 3 is 2.72 bits per heavy atom. The van der Waals surface area contributed by atoms with Crippen LogP contribution in [0, 0.1) is 16.7 Å². The molecule has 0 spiro atoms. The van der Waals surface area contributed by atoms with Gasteiger partial charge in [-0.3, -0.25) is 4.79 Å². The molecule has 3 rings (SSSR count). The smallest absolute Gasteiger partial charge is 0.311 e. The number of likely N-dealkylation sites (tertiary alicyclic amines) is 1. The molecule has 1 aromatic carbocycles. The molecule has 1 heterocycles. The molecule has 0 radical (unpaired) electrons. The fraction of sp³-hybridized carbons (Fsp3) is 0.667. The van der Waals surface area contributed by atoms with Crippen LogP contribution in [0.5, 0.6) is 0 Å². The molecular formula is C21H32N2O2. The summed E-state index contributed by atoms with van der Waals surface area (Å²) >= 11 is 0. The van der Waals surface area contributed by atoms with Crippen LogP contribution >= 0.6 is 0 Å². The number of carboxylic acids is 1. The predicted molar refractivity (Wildman–Crippen MR) is 100 cm³/mol. The van der Waals surface area contributed by atoms with Crippen LogP contribution in [-0.2, 0) is 11.3 Å². The van der Waals surface area contributed by atoms with Crippen molar-refractivity contribution in [1.82, 2.24) is 9.80 Å².